The summed E-state index contributed by atoms with van der Waals surface area (Å²) < 4.78 is 75.4. The first-order valence-corrected chi connectivity index (χ1v) is 25.8. The quantitative estimate of drug-likeness (QED) is 0.128. The third-order valence-electron chi connectivity index (χ3n) is 6.89. The first-order chi connectivity index (χ1) is 24.9. The van der Waals surface area contributed by atoms with Crippen LogP contribution in [0.2, 0.25) is 0 Å². The summed E-state index contributed by atoms with van der Waals surface area (Å²) in [5, 5.41) is 20.0. The van der Waals surface area contributed by atoms with Gasteiger partial charge >= 0.3 is 7.82 Å². The zero-order valence-corrected chi connectivity index (χ0v) is 40.4. The van der Waals surface area contributed by atoms with E-state index in [-0.39, 0.29) is 54.7 Å². The van der Waals surface area contributed by atoms with Crippen LogP contribution in [0.15, 0.2) is 24.3 Å². The van der Waals surface area contributed by atoms with Crippen LogP contribution >= 0.6 is 41.5 Å². The van der Waals surface area contributed by atoms with E-state index < -0.39 is 29.4 Å². The number of aromatic hydroxyl groups is 2. The SMILES string of the molecule is CC(C)(C)c1cc(O)c(C(C)(C)C)cc1O.CCOP(=O)(OCC)Oc1cc(C(C)(C)C)c(OP(C)(C)=O)cc1C(C)(C)C.CCOP(C)(=O)Cl.[2H]B([2H])P[B]. The first-order valence-electron chi connectivity index (χ1n) is 18.9. The zero-order chi connectivity index (χ0) is 44.9. The van der Waals surface area contributed by atoms with Gasteiger partial charge in [0, 0.05) is 42.2 Å². The van der Waals surface area contributed by atoms with Crippen LogP contribution in [-0.2, 0) is 48.9 Å². The summed E-state index contributed by atoms with van der Waals surface area (Å²) in [5.74, 6) is 1.48. The van der Waals surface area contributed by atoms with E-state index in [4.69, 9.17) is 39.6 Å². The van der Waals surface area contributed by atoms with Crippen molar-refractivity contribution in [2.24, 2.45) is 0 Å². The highest BCUT2D eigenvalue weighted by molar-refractivity contribution is 7.87. The standard InChI is InChI=1S/C20H36O6P2.C14H22O2.C3H8ClO2P.B2H3P/c1-11-23-28(22,24-12-2)26-18-14-15(19(3,4)5)17(25-27(9,10)21)13-16(18)20(6,7)8;1-13(2,3)9-7-12(16)10(8-11(9)15)14(4,5)6;1-3-6-7(2,4)5;1-3-2/h13-14H,11-12H2,1-10H3;7-8,15-16H,1-6H3;3H2,1-2H3;3H,1H2/i;;;1D2. The van der Waals surface area contributed by atoms with Crippen LogP contribution in [0.1, 0.15) is 126 Å². The number of halogens is 1. The molecular formula is C37H69B2ClO10P4. The lowest BCUT2D eigenvalue weighted by atomic mass is 9.81. The summed E-state index contributed by atoms with van der Waals surface area (Å²) in [6.07, 6.45) is 0. The second kappa shape index (κ2) is 22.3. The van der Waals surface area contributed by atoms with Gasteiger partial charge in [-0.2, -0.15) is 0 Å². The predicted molar refractivity (Wildman–Crippen MR) is 236 cm³/mol. The minimum atomic E-state index is -3.76. The zero-order valence-electron chi connectivity index (χ0n) is 38.0. The van der Waals surface area contributed by atoms with E-state index in [2.05, 4.69) is 4.52 Å². The van der Waals surface area contributed by atoms with Crippen molar-refractivity contribution in [2.75, 3.05) is 39.8 Å². The number of phosphoric acid groups is 1. The number of phenols is 2. The maximum Gasteiger partial charge on any atom is 0.530 e. The molecule has 2 N–H and O–H groups in total. The molecule has 2 aromatic rings. The lowest BCUT2D eigenvalue weighted by Gasteiger charge is -2.30. The van der Waals surface area contributed by atoms with E-state index in [0.717, 1.165) is 22.3 Å². The molecule has 2 rings (SSSR count). The summed E-state index contributed by atoms with van der Waals surface area (Å²) >= 11 is 5.17. The fourth-order valence-corrected chi connectivity index (χ4v) is 7.24. The van der Waals surface area contributed by atoms with Crippen LogP contribution in [0.25, 0.3) is 0 Å². The average molecular weight is 857 g/mol. The molecule has 0 fully saturated rings. The molecule has 310 valence electrons. The molecule has 2 radical (unpaired) electrons. The van der Waals surface area contributed by atoms with Crippen molar-refractivity contribution in [3.8, 4) is 23.0 Å². The van der Waals surface area contributed by atoms with Crippen molar-refractivity contribution in [2.45, 2.75) is 126 Å². The molecule has 54 heavy (non-hydrogen) atoms. The number of hydrogen-bond donors (Lipinski definition) is 2. The predicted octanol–water partition coefficient (Wildman–Crippen LogP) is 11.8. The highest BCUT2D eigenvalue weighted by Crippen LogP contribution is 2.54. The summed E-state index contributed by atoms with van der Waals surface area (Å²) in [4.78, 5) is 0. The van der Waals surface area contributed by atoms with E-state index in [1.807, 2.05) is 89.2 Å². The lowest BCUT2D eigenvalue weighted by Crippen LogP contribution is -2.18. The Morgan fingerprint density at radius 1 is 0.648 bits per heavy atom. The van der Waals surface area contributed by atoms with Gasteiger partial charge < -0.3 is 23.8 Å². The topological polar surface area (TPSA) is 138 Å². The Hall–Kier alpha value is -0.940. The van der Waals surface area contributed by atoms with Crippen molar-refractivity contribution in [1.29, 1.82) is 2.67 Å². The molecule has 0 heterocycles. The number of hydrogen-bond acceptors (Lipinski definition) is 10. The molecule has 0 aliphatic heterocycles. The van der Waals surface area contributed by atoms with Gasteiger partial charge in [0.25, 0.3) is 6.72 Å². The number of phenolic OH excluding ortho intramolecular Hbond substituents is 2. The summed E-state index contributed by atoms with van der Waals surface area (Å²) in [6, 6.07) is 6.99. The lowest BCUT2D eigenvalue weighted by molar-refractivity contribution is 0.166. The first kappa shape index (κ1) is 51.1. The summed E-state index contributed by atoms with van der Waals surface area (Å²) in [6.45, 7) is 32.1. The van der Waals surface area contributed by atoms with Gasteiger partial charge in [-0.1, -0.05) is 83.1 Å². The van der Waals surface area contributed by atoms with Crippen LogP contribution in [0, 0.1) is 0 Å². The van der Waals surface area contributed by atoms with E-state index in [1.165, 1.54) is 6.66 Å². The molecule has 2 atom stereocenters. The van der Waals surface area contributed by atoms with Crippen LogP contribution in [0.5, 0.6) is 23.0 Å². The largest absolute Gasteiger partial charge is 0.530 e. The van der Waals surface area contributed by atoms with E-state index in [1.54, 1.807) is 52.3 Å². The molecule has 2 unspecified atom stereocenters. The van der Waals surface area contributed by atoms with E-state index in [0.29, 0.717) is 18.1 Å². The van der Waals surface area contributed by atoms with Crippen molar-refractivity contribution < 1.29 is 46.5 Å². The van der Waals surface area contributed by atoms with Gasteiger partial charge in [-0.15, -0.1) is 0 Å². The van der Waals surface area contributed by atoms with E-state index >= 15 is 0 Å². The summed E-state index contributed by atoms with van der Waals surface area (Å²) in [5.41, 5.74) is 2.12. The highest BCUT2D eigenvalue weighted by atomic mass is 35.7. The maximum absolute atomic E-state index is 13.0. The third-order valence-corrected chi connectivity index (χ3v) is 10.1. The fourth-order valence-electron chi connectivity index (χ4n) is 4.66. The van der Waals surface area contributed by atoms with Crippen LogP contribution in [-0.4, -0.2) is 67.8 Å². The van der Waals surface area contributed by atoms with Crippen LogP contribution in [0.3, 0.4) is 0 Å². The number of phosphoric ester groups is 1. The number of benzene rings is 2. The monoisotopic (exact) mass is 856 g/mol. The fraction of sp³-hybridized carbons (Fsp3) is 0.676. The third kappa shape index (κ3) is 21.5. The Morgan fingerprint density at radius 2 is 0.944 bits per heavy atom. The molecule has 0 saturated heterocycles. The second-order valence-electron chi connectivity index (χ2n) is 16.8. The van der Waals surface area contributed by atoms with Crippen LogP contribution < -0.4 is 9.05 Å². The molecule has 0 bridgehead atoms. The summed E-state index contributed by atoms with van der Waals surface area (Å²) in [7, 11) is -2.58. The molecule has 0 aliphatic rings. The Balaban J connectivity index is 0. The smallest absolute Gasteiger partial charge is 0.508 e. The normalized spacial score (nSPS) is 14.2. The van der Waals surface area contributed by atoms with Gasteiger partial charge in [0.2, 0.25) is 7.37 Å². The molecule has 0 aliphatic carbocycles. The maximum atomic E-state index is 13.0. The van der Waals surface area contributed by atoms with Crippen molar-refractivity contribution >= 4 is 56.5 Å². The van der Waals surface area contributed by atoms with E-state index in [9.17, 15) is 23.9 Å². The Bertz CT molecular complexity index is 1610. The van der Waals surface area contributed by atoms with Gasteiger partial charge in [0.15, 0.2) is 0 Å². The minimum absolute atomic E-state index is 0.0525. The van der Waals surface area contributed by atoms with Gasteiger partial charge in [-0.25, -0.2) is 12.9 Å². The molecule has 0 aromatic heterocycles. The van der Waals surface area contributed by atoms with Gasteiger partial charge in [0.05, 0.1) is 27.4 Å². The van der Waals surface area contributed by atoms with Crippen molar-refractivity contribution in [3.63, 3.8) is 0 Å². The van der Waals surface area contributed by atoms with Crippen molar-refractivity contribution in [3.05, 3.63) is 46.5 Å². The Kier molecular flexibility index (Phi) is 21.1. The molecule has 0 saturated carbocycles. The second-order valence-corrected chi connectivity index (χ2v) is 25.0. The average Bonchev–Trinajstić information content (AvgIpc) is 2.96. The van der Waals surface area contributed by atoms with Gasteiger partial charge in [0.1, 0.15) is 30.5 Å². The Labute approximate surface area is 339 Å². The Morgan fingerprint density at radius 3 is 1.15 bits per heavy atom. The molecule has 10 nitrogen and oxygen atoms in total. The molecule has 17 heteroatoms. The minimum Gasteiger partial charge on any atom is -0.508 e. The molecule has 0 spiro atoms. The number of rotatable bonds is 11. The van der Waals surface area contributed by atoms with Gasteiger partial charge in [-0.3, -0.25) is 18.2 Å². The highest BCUT2D eigenvalue weighted by Gasteiger charge is 2.34. The van der Waals surface area contributed by atoms with Crippen LogP contribution in [0.4, 0.5) is 0 Å². The molecule has 0 amide bonds. The van der Waals surface area contributed by atoms with Crippen molar-refractivity contribution in [1.82, 2.24) is 0 Å². The molecule has 2 aromatic carbocycles. The molecular weight excluding hydrogens is 785 g/mol. The van der Waals surface area contributed by atoms with Gasteiger partial charge in [-0.05, 0) is 80.6 Å².